The van der Waals surface area contributed by atoms with Crippen molar-refractivity contribution in [3.63, 3.8) is 0 Å². The number of nitrogens with zero attached hydrogens (tertiary/aromatic N) is 1. The number of nitrogens with one attached hydrogen (secondary N) is 1. The summed E-state index contributed by atoms with van der Waals surface area (Å²) in [4.78, 5) is 2.95. The van der Waals surface area contributed by atoms with Crippen molar-refractivity contribution in [2.45, 2.75) is 95.7 Å². The molecule has 0 radical (unpaired) electrons. The van der Waals surface area contributed by atoms with E-state index in [1.165, 1.54) is 83.7 Å². The molecule has 116 valence electrons. The second-order valence-electron chi connectivity index (χ2n) is 7.49. The van der Waals surface area contributed by atoms with Gasteiger partial charge in [0.15, 0.2) is 0 Å². The Hall–Kier alpha value is -0.0800. The first-order valence-corrected chi connectivity index (χ1v) is 9.37. The Labute approximate surface area is 125 Å². The SMILES string of the molecule is CCCNC1CCCCCCC1N(CC1CC1)C1CC1. The van der Waals surface area contributed by atoms with Crippen molar-refractivity contribution in [2.24, 2.45) is 5.92 Å². The van der Waals surface area contributed by atoms with Crippen LogP contribution >= 0.6 is 0 Å². The molecule has 3 aliphatic rings. The van der Waals surface area contributed by atoms with Crippen molar-refractivity contribution in [3.8, 4) is 0 Å². The Morgan fingerprint density at radius 2 is 1.65 bits per heavy atom. The van der Waals surface area contributed by atoms with Gasteiger partial charge in [0.25, 0.3) is 0 Å². The van der Waals surface area contributed by atoms with Crippen LogP contribution in [0.4, 0.5) is 0 Å². The summed E-state index contributed by atoms with van der Waals surface area (Å²) < 4.78 is 0. The van der Waals surface area contributed by atoms with Gasteiger partial charge in [-0.25, -0.2) is 0 Å². The molecule has 2 unspecified atom stereocenters. The monoisotopic (exact) mass is 278 g/mol. The summed E-state index contributed by atoms with van der Waals surface area (Å²) >= 11 is 0. The fourth-order valence-electron chi connectivity index (χ4n) is 3.99. The lowest BCUT2D eigenvalue weighted by molar-refractivity contribution is 0.119. The molecule has 0 heterocycles. The van der Waals surface area contributed by atoms with Crippen molar-refractivity contribution < 1.29 is 0 Å². The highest BCUT2D eigenvalue weighted by Gasteiger charge is 2.39. The van der Waals surface area contributed by atoms with E-state index in [-0.39, 0.29) is 0 Å². The maximum Gasteiger partial charge on any atom is 0.0252 e. The predicted molar refractivity (Wildman–Crippen MR) is 86.0 cm³/mol. The van der Waals surface area contributed by atoms with E-state index in [9.17, 15) is 0 Å². The van der Waals surface area contributed by atoms with Gasteiger partial charge in [-0.1, -0.05) is 32.6 Å². The highest BCUT2D eigenvalue weighted by molar-refractivity contribution is 4.96. The van der Waals surface area contributed by atoms with E-state index < -0.39 is 0 Å². The third-order valence-corrected chi connectivity index (χ3v) is 5.49. The van der Waals surface area contributed by atoms with Gasteiger partial charge in [-0.3, -0.25) is 4.90 Å². The largest absolute Gasteiger partial charge is 0.312 e. The van der Waals surface area contributed by atoms with Gasteiger partial charge in [0.2, 0.25) is 0 Å². The highest BCUT2D eigenvalue weighted by atomic mass is 15.2. The molecule has 0 bridgehead atoms. The predicted octanol–water partition coefficient (Wildman–Crippen LogP) is 3.95. The molecule has 3 aliphatic carbocycles. The standard InChI is InChI=1S/C18H34N2/c1-2-13-19-17-7-5-3-4-6-8-18(17)20(16-11-12-16)14-15-9-10-15/h15-19H,2-14H2,1H3. The first kappa shape index (κ1) is 14.8. The maximum atomic E-state index is 3.90. The van der Waals surface area contributed by atoms with Gasteiger partial charge in [0.05, 0.1) is 0 Å². The van der Waals surface area contributed by atoms with E-state index in [4.69, 9.17) is 0 Å². The molecule has 0 aromatic rings. The first-order chi connectivity index (χ1) is 9.88. The quantitative estimate of drug-likeness (QED) is 0.758. The van der Waals surface area contributed by atoms with Crippen molar-refractivity contribution >= 4 is 0 Å². The molecule has 0 aromatic carbocycles. The number of rotatable bonds is 7. The highest BCUT2D eigenvalue weighted by Crippen LogP contribution is 2.38. The zero-order valence-electron chi connectivity index (χ0n) is 13.4. The number of hydrogen-bond donors (Lipinski definition) is 1. The average Bonchev–Trinajstić information content (AvgIpc) is 3.28. The normalized spacial score (nSPS) is 32.1. The fraction of sp³-hybridized carbons (Fsp3) is 1.00. The van der Waals surface area contributed by atoms with Gasteiger partial charge in [-0.05, 0) is 57.4 Å². The van der Waals surface area contributed by atoms with Crippen LogP contribution < -0.4 is 5.32 Å². The molecule has 0 aromatic heterocycles. The van der Waals surface area contributed by atoms with E-state index in [2.05, 4.69) is 17.1 Å². The smallest absolute Gasteiger partial charge is 0.0252 e. The van der Waals surface area contributed by atoms with E-state index in [1.54, 1.807) is 0 Å². The second kappa shape index (κ2) is 7.26. The van der Waals surface area contributed by atoms with Crippen LogP contribution in [0.15, 0.2) is 0 Å². The molecular weight excluding hydrogens is 244 g/mol. The van der Waals surface area contributed by atoms with Gasteiger partial charge in [-0.2, -0.15) is 0 Å². The minimum absolute atomic E-state index is 0.773. The van der Waals surface area contributed by atoms with Crippen LogP contribution in [0.25, 0.3) is 0 Å². The van der Waals surface area contributed by atoms with E-state index in [1.807, 2.05) is 0 Å². The van der Waals surface area contributed by atoms with Crippen molar-refractivity contribution in [1.82, 2.24) is 10.2 Å². The Morgan fingerprint density at radius 1 is 0.900 bits per heavy atom. The molecule has 3 rings (SSSR count). The summed E-state index contributed by atoms with van der Waals surface area (Å²) in [5.74, 6) is 1.05. The maximum absolute atomic E-state index is 3.90. The molecule has 0 aliphatic heterocycles. The average molecular weight is 278 g/mol. The van der Waals surface area contributed by atoms with Gasteiger partial charge < -0.3 is 5.32 Å². The molecule has 0 saturated heterocycles. The van der Waals surface area contributed by atoms with Gasteiger partial charge in [0, 0.05) is 24.7 Å². The Bertz CT molecular complexity index is 281. The van der Waals surface area contributed by atoms with Crippen LogP contribution in [0.5, 0.6) is 0 Å². The summed E-state index contributed by atoms with van der Waals surface area (Å²) in [5, 5.41) is 3.90. The van der Waals surface area contributed by atoms with Crippen molar-refractivity contribution in [3.05, 3.63) is 0 Å². The van der Waals surface area contributed by atoms with Crippen LogP contribution in [-0.2, 0) is 0 Å². The summed E-state index contributed by atoms with van der Waals surface area (Å²) in [6.45, 7) is 4.93. The van der Waals surface area contributed by atoms with Crippen LogP contribution in [0.1, 0.15) is 77.6 Å². The molecule has 0 spiro atoms. The van der Waals surface area contributed by atoms with E-state index in [0.717, 1.165) is 24.0 Å². The third-order valence-electron chi connectivity index (χ3n) is 5.49. The van der Waals surface area contributed by atoms with Crippen LogP contribution in [0.3, 0.4) is 0 Å². The molecule has 0 amide bonds. The zero-order chi connectivity index (χ0) is 13.8. The Kier molecular flexibility index (Phi) is 5.39. The van der Waals surface area contributed by atoms with Crippen molar-refractivity contribution in [1.29, 1.82) is 0 Å². The molecule has 1 N–H and O–H groups in total. The van der Waals surface area contributed by atoms with Crippen LogP contribution in [0.2, 0.25) is 0 Å². The molecule has 2 atom stereocenters. The first-order valence-electron chi connectivity index (χ1n) is 9.37. The lowest BCUT2D eigenvalue weighted by atomic mass is 9.90. The van der Waals surface area contributed by atoms with Crippen LogP contribution in [0, 0.1) is 5.92 Å². The van der Waals surface area contributed by atoms with Gasteiger partial charge in [-0.15, -0.1) is 0 Å². The zero-order valence-corrected chi connectivity index (χ0v) is 13.4. The van der Waals surface area contributed by atoms with Crippen LogP contribution in [-0.4, -0.2) is 36.1 Å². The third kappa shape index (κ3) is 4.21. The van der Waals surface area contributed by atoms with Gasteiger partial charge in [0.1, 0.15) is 0 Å². The van der Waals surface area contributed by atoms with E-state index in [0.29, 0.717) is 0 Å². The topological polar surface area (TPSA) is 15.3 Å². The number of hydrogen-bond acceptors (Lipinski definition) is 2. The summed E-state index contributed by atoms with van der Waals surface area (Å²) in [6, 6.07) is 2.57. The molecule has 2 nitrogen and oxygen atoms in total. The second-order valence-corrected chi connectivity index (χ2v) is 7.49. The molecular formula is C18H34N2. The molecule has 20 heavy (non-hydrogen) atoms. The van der Waals surface area contributed by atoms with Gasteiger partial charge >= 0.3 is 0 Å². The molecule has 3 fully saturated rings. The van der Waals surface area contributed by atoms with E-state index >= 15 is 0 Å². The Balaban J connectivity index is 1.64. The fourth-order valence-corrected chi connectivity index (χ4v) is 3.99. The summed E-state index contributed by atoms with van der Waals surface area (Å²) in [7, 11) is 0. The summed E-state index contributed by atoms with van der Waals surface area (Å²) in [5.41, 5.74) is 0. The van der Waals surface area contributed by atoms with Crippen molar-refractivity contribution in [2.75, 3.05) is 13.1 Å². The summed E-state index contributed by atoms with van der Waals surface area (Å²) in [6.07, 6.45) is 15.9. The lowest BCUT2D eigenvalue weighted by Crippen LogP contribution is -2.52. The molecule has 3 saturated carbocycles. The Morgan fingerprint density at radius 3 is 2.30 bits per heavy atom. The lowest BCUT2D eigenvalue weighted by Gasteiger charge is -2.39. The minimum atomic E-state index is 0.773. The molecule has 2 heteroatoms. The minimum Gasteiger partial charge on any atom is -0.312 e.